The number of hydrogen-bond acceptors (Lipinski definition) is 5. The summed E-state index contributed by atoms with van der Waals surface area (Å²) >= 11 is 0. The molecule has 0 saturated carbocycles. The number of rotatable bonds is 3. The van der Waals surface area contributed by atoms with Crippen LogP contribution in [0.15, 0.2) is 24.3 Å². The number of tetrazole rings is 1. The van der Waals surface area contributed by atoms with Crippen LogP contribution in [-0.2, 0) is 0 Å². The standard InChI is InChI=1S/C14H20N6/c1-11(2)19-7-9-20(10-8-19)13-5-3-12(4-6-13)14-15-17-18-16-14/h3-6,11H,7-10H2,1-2H3,(H,15,16,17,18). The third-order valence-corrected chi connectivity index (χ3v) is 3.88. The van der Waals surface area contributed by atoms with Crippen molar-refractivity contribution in [2.45, 2.75) is 19.9 Å². The molecule has 0 aliphatic carbocycles. The molecule has 0 spiro atoms. The molecule has 0 atom stereocenters. The Labute approximate surface area is 118 Å². The smallest absolute Gasteiger partial charge is 0.204 e. The van der Waals surface area contributed by atoms with E-state index >= 15 is 0 Å². The van der Waals surface area contributed by atoms with Gasteiger partial charge in [0.05, 0.1) is 0 Å². The summed E-state index contributed by atoms with van der Waals surface area (Å²) < 4.78 is 0. The number of nitrogens with one attached hydrogen (secondary N) is 1. The van der Waals surface area contributed by atoms with Crippen molar-refractivity contribution >= 4 is 5.69 Å². The van der Waals surface area contributed by atoms with Crippen molar-refractivity contribution in [1.29, 1.82) is 0 Å². The van der Waals surface area contributed by atoms with Crippen LogP contribution in [0.25, 0.3) is 11.4 Å². The number of H-pyrrole nitrogens is 1. The van der Waals surface area contributed by atoms with Crippen LogP contribution in [0.5, 0.6) is 0 Å². The van der Waals surface area contributed by atoms with E-state index in [1.165, 1.54) is 5.69 Å². The summed E-state index contributed by atoms with van der Waals surface area (Å²) in [5.74, 6) is 0.640. The van der Waals surface area contributed by atoms with Crippen molar-refractivity contribution in [1.82, 2.24) is 25.5 Å². The number of aromatic amines is 1. The second-order valence-electron chi connectivity index (χ2n) is 5.40. The molecule has 2 heterocycles. The highest BCUT2D eigenvalue weighted by molar-refractivity contribution is 5.59. The Morgan fingerprint density at radius 3 is 2.30 bits per heavy atom. The fourth-order valence-corrected chi connectivity index (χ4v) is 2.60. The highest BCUT2D eigenvalue weighted by Crippen LogP contribution is 2.21. The molecule has 1 saturated heterocycles. The van der Waals surface area contributed by atoms with E-state index in [4.69, 9.17) is 0 Å². The van der Waals surface area contributed by atoms with E-state index in [2.05, 4.69) is 68.5 Å². The minimum Gasteiger partial charge on any atom is -0.369 e. The van der Waals surface area contributed by atoms with Crippen molar-refractivity contribution in [2.24, 2.45) is 0 Å². The lowest BCUT2D eigenvalue weighted by atomic mass is 10.1. The van der Waals surface area contributed by atoms with Crippen LogP contribution in [0.3, 0.4) is 0 Å². The lowest BCUT2D eigenvalue weighted by Crippen LogP contribution is -2.48. The van der Waals surface area contributed by atoms with Gasteiger partial charge in [-0.15, -0.1) is 10.2 Å². The number of nitrogens with zero attached hydrogens (tertiary/aromatic N) is 5. The Morgan fingerprint density at radius 1 is 1.05 bits per heavy atom. The molecule has 20 heavy (non-hydrogen) atoms. The van der Waals surface area contributed by atoms with Crippen LogP contribution in [0.2, 0.25) is 0 Å². The molecule has 1 fully saturated rings. The summed E-state index contributed by atoms with van der Waals surface area (Å²) in [6.07, 6.45) is 0. The first kappa shape index (κ1) is 13.1. The van der Waals surface area contributed by atoms with E-state index < -0.39 is 0 Å². The maximum Gasteiger partial charge on any atom is 0.204 e. The molecule has 1 aliphatic rings. The minimum absolute atomic E-state index is 0.637. The Kier molecular flexibility index (Phi) is 3.64. The number of benzene rings is 1. The molecule has 0 unspecified atom stereocenters. The Hall–Kier alpha value is -1.95. The van der Waals surface area contributed by atoms with E-state index in [-0.39, 0.29) is 0 Å². The van der Waals surface area contributed by atoms with Gasteiger partial charge in [0.2, 0.25) is 5.82 Å². The quantitative estimate of drug-likeness (QED) is 0.915. The van der Waals surface area contributed by atoms with Gasteiger partial charge in [0, 0.05) is 43.5 Å². The lowest BCUT2D eigenvalue weighted by Gasteiger charge is -2.38. The normalized spacial score (nSPS) is 16.9. The van der Waals surface area contributed by atoms with Gasteiger partial charge in [0.15, 0.2) is 0 Å². The molecule has 1 aromatic carbocycles. The zero-order valence-corrected chi connectivity index (χ0v) is 12.0. The first-order valence-corrected chi connectivity index (χ1v) is 7.07. The predicted octanol–water partition coefficient (Wildman–Crippen LogP) is 1.40. The van der Waals surface area contributed by atoms with Crippen LogP contribution < -0.4 is 4.90 Å². The van der Waals surface area contributed by atoms with E-state index in [0.29, 0.717) is 11.9 Å². The second-order valence-corrected chi connectivity index (χ2v) is 5.40. The van der Waals surface area contributed by atoms with Crippen molar-refractivity contribution in [3.63, 3.8) is 0 Å². The van der Waals surface area contributed by atoms with Crippen LogP contribution in [0.4, 0.5) is 5.69 Å². The first-order chi connectivity index (χ1) is 9.74. The maximum absolute atomic E-state index is 3.99. The van der Waals surface area contributed by atoms with Crippen LogP contribution in [0.1, 0.15) is 13.8 Å². The van der Waals surface area contributed by atoms with Crippen molar-refractivity contribution < 1.29 is 0 Å². The average molecular weight is 272 g/mol. The van der Waals surface area contributed by atoms with E-state index in [0.717, 1.165) is 31.7 Å². The van der Waals surface area contributed by atoms with Crippen LogP contribution in [0, 0.1) is 0 Å². The van der Waals surface area contributed by atoms with Crippen LogP contribution in [-0.4, -0.2) is 57.7 Å². The molecule has 1 aliphatic heterocycles. The van der Waals surface area contributed by atoms with Crippen molar-refractivity contribution in [2.75, 3.05) is 31.1 Å². The van der Waals surface area contributed by atoms with E-state index in [9.17, 15) is 0 Å². The topological polar surface area (TPSA) is 60.9 Å². The molecule has 6 heteroatoms. The Bertz CT molecular complexity index is 525. The molecule has 1 N–H and O–H groups in total. The van der Waals surface area contributed by atoms with E-state index in [1.807, 2.05) is 0 Å². The Morgan fingerprint density at radius 2 is 1.75 bits per heavy atom. The summed E-state index contributed by atoms with van der Waals surface area (Å²) in [4.78, 5) is 4.95. The lowest BCUT2D eigenvalue weighted by molar-refractivity contribution is 0.209. The predicted molar refractivity (Wildman–Crippen MR) is 78.5 cm³/mol. The third kappa shape index (κ3) is 2.65. The zero-order valence-electron chi connectivity index (χ0n) is 12.0. The van der Waals surface area contributed by atoms with Gasteiger partial charge in [-0.2, -0.15) is 5.21 Å². The van der Waals surface area contributed by atoms with Crippen molar-refractivity contribution in [3.05, 3.63) is 24.3 Å². The van der Waals surface area contributed by atoms with Gasteiger partial charge in [-0.05, 0) is 43.3 Å². The van der Waals surface area contributed by atoms with Gasteiger partial charge in [-0.3, -0.25) is 4.90 Å². The van der Waals surface area contributed by atoms with Gasteiger partial charge < -0.3 is 4.90 Å². The van der Waals surface area contributed by atoms with Crippen molar-refractivity contribution in [3.8, 4) is 11.4 Å². The number of aromatic nitrogens is 4. The molecular formula is C14H20N6. The van der Waals surface area contributed by atoms with Gasteiger partial charge in [0.1, 0.15) is 0 Å². The fraction of sp³-hybridized carbons (Fsp3) is 0.500. The molecular weight excluding hydrogens is 252 g/mol. The molecule has 2 aromatic rings. The summed E-state index contributed by atoms with van der Waals surface area (Å²) in [6.45, 7) is 8.94. The monoisotopic (exact) mass is 272 g/mol. The summed E-state index contributed by atoms with van der Waals surface area (Å²) in [5.41, 5.74) is 2.25. The molecule has 3 rings (SSSR count). The average Bonchev–Trinajstić information content (AvgIpc) is 3.02. The Balaban J connectivity index is 1.67. The fourth-order valence-electron chi connectivity index (χ4n) is 2.60. The van der Waals surface area contributed by atoms with Crippen LogP contribution >= 0.6 is 0 Å². The molecule has 0 bridgehead atoms. The minimum atomic E-state index is 0.637. The largest absolute Gasteiger partial charge is 0.369 e. The summed E-state index contributed by atoms with van der Waals surface area (Å²) in [6, 6.07) is 9.01. The zero-order chi connectivity index (χ0) is 13.9. The SMILES string of the molecule is CC(C)N1CCN(c2ccc(-c3nn[nH]n3)cc2)CC1. The van der Waals surface area contributed by atoms with Gasteiger partial charge >= 0.3 is 0 Å². The molecule has 1 aromatic heterocycles. The number of hydrogen-bond donors (Lipinski definition) is 1. The first-order valence-electron chi connectivity index (χ1n) is 7.07. The summed E-state index contributed by atoms with van der Waals surface area (Å²) in [7, 11) is 0. The second kappa shape index (κ2) is 5.58. The highest BCUT2D eigenvalue weighted by Gasteiger charge is 2.18. The molecule has 0 amide bonds. The third-order valence-electron chi connectivity index (χ3n) is 3.88. The van der Waals surface area contributed by atoms with Gasteiger partial charge in [-0.1, -0.05) is 0 Å². The number of piperazine rings is 1. The highest BCUT2D eigenvalue weighted by atomic mass is 15.5. The van der Waals surface area contributed by atoms with E-state index in [1.54, 1.807) is 0 Å². The molecule has 106 valence electrons. The summed E-state index contributed by atoms with van der Waals surface area (Å²) in [5, 5.41) is 14.0. The molecule has 0 radical (unpaired) electrons. The van der Waals surface area contributed by atoms with Gasteiger partial charge in [0.25, 0.3) is 0 Å². The number of anilines is 1. The molecule has 6 nitrogen and oxygen atoms in total. The maximum atomic E-state index is 3.99. The van der Waals surface area contributed by atoms with Gasteiger partial charge in [-0.25, -0.2) is 0 Å².